The van der Waals surface area contributed by atoms with Crippen molar-refractivity contribution >= 4 is 58.0 Å². The van der Waals surface area contributed by atoms with Crippen LogP contribution in [0, 0.1) is 0 Å². The summed E-state index contributed by atoms with van der Waals surface area (Å²) < 4.78 is 5.36. The Balaban J connectivity index is 2.14. The minimum absolute atomic E-state index is 0.127. The maximum absolute atomic E-state index is 13.2. The molecule has 1 aliphatic heterocycles. The Kier molecular flexibility index (Phi) is 6.11. The van der Waals surface area contributed by atoms with Gasteiger partial charge in [-0.15, -0.1) is 11.8 Å². The van der Waals surface area contributed by atoms with E-state index in [2.05, 4.69) is 0 Å². The number of rotatable bonds is 6. The van der Waals surface area contributed by atoms with Gasteiger partial charge in [0.25, 0.3) is 11.8 Å². The number of benzene rings is 2. The van der Waals surface area contributed by atoms with Gasteiger partial charge in [0.1, 0.15) is 5.75 Å². The Bertz CT molecular complexity index is 925. The number of aliphatic hydroxyl groups excluding tert-OH is 1. The fourth-order valence-corrected chi connectivity index (χ4v) is 4.15. The highest BCUT2D eigenvalue weighted by atomic mass is 35.5. The van der Waals surface area contributed by atoms with E-state index < -0.39 is 11.8 Å². The number of halogens is 2. The van der Waals surface area contributed by atoms with Crippen molar-refractivity contribution in [2.24, 2.45) is 0 Å². The Morgan fingerprint density at radius 2 is 1.74 bits per heavy atom. The fraction of sp³-hybridized carbons (Fsp3) is 0.158. The van der Waals surface area contributed by atoms with Gasteiger partial charge in [0.2, 0.25) is 0 Å². The van der Waals surface area contributed by atoms with E-state index in [9.17, 15) is 14.7 Å². The molecule has 0 saturated heterocycles. The Hall–Kier alpha value is -1.99. The van der Waals surface area contributed by atoms with E-state index in [1.807, 2.05) is 0 Å². The molecule has 1 N–H and O–H groups in total. The third-order valence-corrected chi connectivity index (χ3v) is 5.35. The number of amides is 2. The molecule has 0 spiro atoms. The van der Waals surface area contributed by atoms with Crippen LogP contribution in [-0.2, 0) is 9.59 Å². The molecule has 3 rings (SSSR count). The Morgan fingerprint density at radius 3 is 2.37 bits per heavy atom. The van der Waals surface area contributed by atoms with E-state index in [1.54, 1.807) is 24.3 Å². The van der Waals surface area contributed by atoms with E-state index in [4.69, 9.17) is 27.9 Å². The average molecular weight is 424 g/mol. The highest BCUT2D eigenvalue weighted by Gasteiger charge is 2.41. The van der Waals surface area contributed by atoms with Gasteiger partial charge >= 0.3 is 0 Å². The maximum Gasteiger partial charge on any atom is 0.272 e. The predicted molar refractivity (Wildman–Crippen MR) is 108 cm³/mol. The first kappa shape index (κ1) is 19.8. The van der Waals surface area contributed by atoms with E-state index in [0.717, 1.165) is 16.7 Å². The maximum atomic E-state index is 13.2. The average Bonchev–Trinajstić information content (AvgIpc) is 2.88. The van der Waals surface area contributed by atoms with Gasteiger partial charge in [-0.25, -0.2) is 4.90 Å². The number of carbonyl (C=O) groups is 2. The molecule has 0 saturated carbocycles. The van der Waals surface area contributed by atoms with Crippen LogP contribution in [0.5, 0.6) is 5.75 Å². The third-order valence-electron chi connectivity index (χ3n) is 3.86. The number of imide groups is 1. The zero-order chi connectivity index (χ0) is 19.6. The van der Waals surface area contributed by atoms with Gasteiger partial charge in [-0.3, -0.25) is 9.59 Å². The van der Waals surface area contributed by atoms with E-state index in [1.165, 1.54) is 25.3 Å². The van der Waals surface area contributed by atoms with Crippen molar-refractivity contribution in [3.8, 4) is 5.75 Å². The van der Waals surface area contributed by atoms with E-state index in [-0.39, 0.29) is 28.5 Å². The summed E-state index contributed by atoms with van der Waals surface area (Å²) in [6.45, 7) is -0.127. The summed E-state index contributed by atoms with van der Waals surface area (Å²) in [6, 6.07) is 11.5. The van der Waals surface area contributed by atoms with Crippen molar-refractivity contribution in [1.82, 2.24) is 0 Å². The van der Waals surface area contributed by atoms with Crippen LogP contribution in [0.2, 0.25) is 10.0 Å². The fourth-order valence-electron chi connectivity index (χ4n) is 2.78. The monoisotopic (exact) mass is 423 g/mol. The molecule has 1 aliphatic rings. The number of ether oxygens (including phenoxy) is 1. The van der Waals surface area contributed by atoms with Crippen molar-refractivity contribution in [1.29, 1.82) is 0 Å². The molecule has 1 heterocycles. The van der Waals surface area contributed by atoms with Gasteiger partial charge in [0, 0.05) is 21.4 Å². The van der Waals surface area contributed by atoms with Crippen LogP contribution in [0.3, 0.4) is 0 Å². The summed E-state index contributed by atoms with van der Waals surface area (Å²) in [6.07, 6.45) is 0. The number of hydrogen-bond acceptors (Lipinski definition) is 5. The Labute approximate surface area is 170 Å². The molecule has 2 aromatic carbocycles. The largest absolute Gasteiger partial charge is 0.496 e. The van der Waals surface area contributed by atoms with Gasteiger partial charge < -0.3 is 9.84 Å². The van der Waals surface area contributed by atoms with Crippen LogP contribution in [0.1, 0.15) is 5.56 Å². The molecule has 0 radical (unpaired) electrons. The molecule has 0 unspecified atom stereocenters. The number of methoxy groups -OCH3 is 1. The second-order valence-corrected chi connectivity index (χ2v) is 7.53. The summed E-state index contributed by atoms with van der Waals surface area (Å²) >= 11 is 13.2. The molecular weight excluding hydrogens is 409 g/mol. The number of thioether (sulfide) groups is 1. The lowest BCUT2D eigenvalue weighted by atomic mass is 10.0. The van der Waals surface area contributed by atoms with Crippen LogP contribution in [0.4, 0.5) is 5.69 Å². The van der Waals surface area contributed by atoms with Crippen LogP contribution in [0.25, 0.3) is 5.57 Å². The molecule has 0 atom stereocenters. The number of aliphatic hydroxyl groups is 1. The number of anilines is 1. The zero-order valence-electron chi connectivity index (χ0n) is 14.2. The lowest BCUT2D eigenvalue weighted by Crippen LogP contribution is -2.31. The molecule has 8 heteroatoms. The molecule has 2 amide bonds. The summed E-state index contributed by atoms with van der Waals surface area (Å²) in [5.41, 5.74) is 1.02. The van der Waals surface area contributed by atoms with Crippen molar-refractivity contribution in [2.75, 3.05) is 24.4 Å². The van der Waals surface area contributed by atoms with Crippen LogP contribution >= 0.6 is 35.0 Å². The second-order valence-electron chi connectivity index (χ2n) is 5.55. The SMILES string of the molecule is COc1ccccc1C1=C(SCCO)C(=O)N(c2cc(Cl)cc(Cl)c2)C1=O. The first-order chi connectivity index (χ1) is 13.0. The minimum Gasteiger partial charge on any atom is -0.496 e. The molecule has 0 aliphatic carbocycles. The lowest BCUT2D eigenvalue weighted by Gasteiger charge is -2.16. The van der Waals surface area contributed by atoms with Crippen molar-refractivity contribution < 1.29 is 19.4 Å². The van der Waals surface area contributed by atoms with Gasteiger partial charge in [-0.1, -0.05) is 41.4 Å². The van der Waals surface area contributed by atoms with E-state index in [0.29, 0.717) is 21.4 Å². The summed E-state index contributed by atoms with van der Waals surface area (Å²) in [4.78, 5) is 27.5. The van der Waals surface area contributed by atoms with Crippen LogP contribution in [-0.4, -0.2) is 36.4 Å². The van der Waals surface area contributed by atoms with Gasteiger partial charge in [0.15, 0.2) is 0 Å². The van der Waals surface area contributed by atoms with Crippen molar-refractivity contribution in [3.63, 3.8) is 0 Å². The minimum atomic E-state index is -0.497. The Morgan fingerprint density at radius 1 is 1.07 bits per heavy atom. The molecule has 0 fully saturated rings. The highest BCUT2D eigenvalue weighted by molar-refractivity contribution is 8.04. The van der Waals surface area contributed by atoms with E-state index >= 15 is 0 Å². The van der Waals surface area contributed by atoms with Crippen LogP contribution < -0.4 is 9.64 Å². The molecule has 2 aromatic rings. The third kappa shape index (κ3) is 3.84. The standard InChI is InChI=1S/C19H15Cl2NO4S/c1-26-15-5-3-2-4-14(15)16-17(27-7-6-23)19(25)22(18(16)24)13-9-11(20)8-12(21)10-13/h2-5,8-10,23H,6-7H2,1H3. The summed E-state index contributed by atoms with van der Waals surface area (Å²) in [5.74, 6) is -0.236. The van der Waals surface area contributed by atoms with Gasteiger partial charge in [-0.05, 0) is 24.3 Å². The highest BCUT2D eigenvalue weighted by Crippen LogP contribution is 2.41. The zero-order valence-corrected chi connectivity index (χ0v) is 16.6. The predicted octanol–water partition coefficient (Wildman–Crippen LogP) is 4.01. The number of hydrogen-bond donors (Lipinski definition) is 1. The molecule has 5 nitrogen and oxygen atoms in total. The van der Waals surface area contributed by atoms with Gasteiger partial charge in [-0.2, -0.15) is 0 Å². The lowest BCUT2D eigenvalue weighted by molar-refractivity contribution is -0.119. The van der Waals surface area contributed by atoms with Gasteiger partial charge in [0.05, 0.1) is 29.9 Å². The topological polar surface area (TPSA) is 66.8 Å². The number of para-hydroxylation sites is 1. The number of carbonyl (C=O) groups excluding carboxylic acids is 2. The second kappa shape index (κ2) is 8.35. The molecule has 0 aromatic heterocycles. The quantitative estimate of drug-likeness (QED) is 0.710. The normalized spacial score (nSPS) is 14.3. The molecule has 0 bridgehead atoms. The van der Waals surface area contributed by atoms with Crippen molar-refractivity contribution in [3.05, 3.63) is 63.0 Å². The van der Waals surface area contributed by atoms with Crippen LogP contribution in [0.15, 0.2) is 47.4 Å². The number of nitrogens with zero attached hydrogens (tertiary/aromatic N) is 1. The molecule has 27 heavy (non-hydrogen) atoms. The first-order valence-corrected chi connectivity index (χ1v) is 9.68. The first-order valence-electron chi connectivity index (χ1n) is 7.94. The smallest absolute Gasteiger partial charge is 0.272 e. The summed E-state index contributed by atoms with van der Waals surface area (Å²) in [7, 11) is 1.50. The molecule has 140 valence electrons. The molecular formula is C19H15Cl2NO4S. The van der Waals surface area contributed by atoms with Crippen molar-refractivity contribution in [2.45, 2.75) is 0 Å². The summed E-state index contributed by atoms with van der Waals surface area (Å²) in [5, 5.41) is 9.81.